The minimum Gasteiger partial charge on any atom is -0.340 e. The highest BCUT2D eigenvalue weighted by molar-refractivity contribution is 5.78. The van der Waals surface area contributed by atoms with Crippen LogP contribution in [-0.2, 0) is 11.3 Å². The van der Waals surface area contributed by atoms with Gasteiger partial charge in [0.25, 0.3) is 0 Å². The first-order valence-corrected chi connectivity index (χ1v) is 9.10. The number of carbonyl (C=O) groups excluding carboxylic acids is 2. The van der Waals surface area contributed by atoms with Crippen LogP contribution in [0.25, 0.3) is 0 Å². The van der Waals surface area contributed by atoms with Gasteiger partial charge in [0.15, 0.2) is 0 Å². The van der Waals surface area contributed by atoms with E-state index in [-0.39, 0.29) is 11.9 Å². The summed E-state index contributed by atoms with van der Waals surface area (Å²) in [7, 11) is 0. The van der Waals surface area contributed by atoms with E-state index in [1.165, 1.54) is 5.56 Å². The summed E-state index contributed by atoms with van der Waals surface area (Å²) in [5.74, 6) is 0.531. The number of piperazine rings is 1. The third kappa shape index (κ3) is 7.13. The van der Waals surface area contributed by atoms with Crippen molar-refractivity contribution in [2.45, 2.75) is 26.8 Å². The molecule has 138 valence electrons. The number of hydrogen-bond donors (Lipinski definition) is 2. The number of urea groups is 1. The number of carbonyl (C=O) groups is 2. The summed E-state index contributed by atoms with van der Waals surface area (Å²) in [6, 6.07) is 10.2. The van der Waals surface area contributed by atoms with Crippen molar-refractivity contribution in [3.05, 3.63) is 35.9 Å². The Kier molecular flexibility index (Phi) is 7.73. The van der Waals surface area contributed by atoms with Crippen molar-refractivity contribution in [3.63, 3.8) is 0 Å². The molecular weight excluding hydrogens is 316 g/mol. The molecule has 25 heavy (non-hydrogen) atoms. The van der Waals surface area contributed by atoms with E-state index in [4.69, 9.17) is 0 Å². The third-order valence-corrected chi connectivity index (χ3v) is 4.27. The SMILES string of the molecule is CC(C)CNC(=O)NCCC(=O)N1CCN(Cc2ccccc2)CC1. The van der Waals surface area contributed by atoms with Crippen LogP contribution in [0.3, 0.4) is 0 Å². The van der Waals surface area contributed by atoms with Crippen molar-refractivity contribution in [2.75, 3.05) is 39.3 Å². The van der Waals surface area contributed by atoms with E-state index in [0.717, 1.165) is 32.7 Å². The predicted octanol–water partition coefficient (Wildman–Crippen LogP) is 1.68. The highest BCUT2D eigenvalue weighted by atomic mass is 16.2. The molecule has 1 aromatic rings. The average Bonchev–Trinajstić information content (AvgIpc) is 2.61. The summed E-state index contributed by atoms with van der Waals surface area (Å²) in [5.41, 5.74) is 1.30. The zero-order valence-corrected chi connectivity index (χ0v) is 15.3. The molecule has 0 bridgehead atoms. The van der Waals surface area contributed by atoms with Gasteiger partial charge in [-0.15, -0.1) is 0 Å². The maximum atomic E-state index is 12.2. The number of nitrogens with zero attached hydrogens (tertiary/aromatic N) is 2. The molecule has 0 aliphatic carbocycles. The molecule has 0 unspecified atom stereocenters. The van der Waals surface area contributed by atoms with Crippen molar-refractivity contribution in [1.82, 2.24) is 20.4 Å². The molecule has 6 heteroatoms. The molecule has 1 heterocycles. The van der Waals surface area contributed by atoms with Crippen molar-refractivity contribution in [3.8, 4) is 0 Å². The summed E-state index contributed by atoms with van der Waals surface area (Å²) in [6.45, 7) is 9.33. The topological polar surface area (TPSA) is 64.7 Å². The summed E-state index contributed by atoms with van der Waals surface area (Å²) in [4.78, 5) is 28.1. The van der Waals surface area contributed by atoms with E-state index in [1.807, 2.05) is 24.8 Å². The van der Waals surface area contributed by atoms with Crippen LogP contribution in [0.15, 0.2) is 30.3 Å². The molecule has 0 saturated carbocycles. The van der Waals surface area contributed by atoms with Gasteiger partial charge in [-0.25, -0.2) is 4.79 Å². The molecule has 3 amide bonds. The van der Waals surface area contributed by atoms with Crippen LogP contribution < -0.4 is 10.6 Å². The van der Waals surface area contributed by atoms with Gasteiger partial charge >= 0.3 is 6.03 Å². The minimum atomic E-state index is -0.200. The summed E-state index contributed by atoms with van der Waals surface area (Å²) < 4.78 is 0. The number of amides is 3. The average molecular weight is 346 g/mol. The zero-order valence-electron chi connectivity index (χ0n) is 15.3. The van der Waals surface area contributed by atoms with Gasteiger partial charge in [-0.3, -0.25) is 9.69 Å². The molecule has 0 spiro atoms. The number of nitrogens with one attached hydrogen (secondary N) is 2. The Morgan fingerprint density at radius 2 is 1.72 bits per heavy atom. The van der Waals surface area contributed by atoms with Crippen LogP contribution in [0, 0.1) is 5.92 Å². The minimum absolute atomic E-state index is 0.114. The van der Waals surface area contributed by atoms with Crippen LogP contribution >= 0.6 is 0 Å². The lowest BCUT2D eigenvalue weighted by molar-refractivity contribution is -0.132. The number of rotatable bonds is 7. The van der Waals surface area contributed by atoms with Gasteiger partial charge in [-0.2, -0.15) is 0 Å². The van der Waals surface area contributed by atoms with Crippen LogP contribution in [0.5, 0.6) is 0 Å². The van der Waals surface area contributed by atoms with Gasteiger partial charge < -0.3 is 15.5 Å². The molecule has 1 fully saturated rings. The summed E-state index contributed by atoms with van der Waals surface area (Å²) in [5, 5.41) is 5.52. The maximum absolute atomic E-state index is 12.2. The number of hydrogen-bond acceptors (Lipinski definition) is 3. The molecule has 1 aromatic carbocycles. The van der Waals surface area contributed by atoms with Crippen molar-refractivity contribution < 1.29 is 9.59 Å². The summed E-state index contributed by atoms with van der Waals surface area (Å²) in [6.07, 6.45) is 0.355. The standard InChI is InChI=1S/C19H30N4O2/c1-16(2)14-21-19(25)20-9-8-18(24)23-12-10-22(11-13-23)15-17-6-4-3-5-7-17/h3-7,16H,8-15H2,1-2H3,(H2,20,21,25). The van der Waals surface area contributed by atoms with Crippen LogP contribution in [0.4, 0.5) is 4.79 Å². The molecule has 0 aromatic heterocycles. The molecule has 1 aliphatic rings. The zero-order chi connectivity index (χ0) is 18.1. The molecule has 2 N–H and O–H groups in total. The second kappa shape index (κ2) is 10.0. The fourth-order valence-corrected chi connectivity index (χ4v) is 2.80. The van der Waals surface area contributed by atoms with E-state index < -0.39 is 0 Å². The van der Waals surface area contributed by atoms with E-state index >= 15 is 0 Å². The van der Waals surface area contributed by atoms with E-state index in [1.54, 1.807) is 0 Å². The highest BCUT2D eigenvalue weighted by Crippen LogP contribution is 2.09. The first-order chi connectivity index (χ1) is 12.0. The Morgan fingerprint density at radius 1 is 1.04 bits per heavy atom. The van der Waals surface area contributed by atoms with Gasteiger partial charge in [0.2, 0.25) is 5.91 Å². The Bertz CT molecular complexity index is 540. The Labute approximate surface area is 150 Å². The molecule has 1 aliphatic heterocycles. The maximum Gasteiger partial charge on any atom is 0.314 e. The van der Waals surface area contributed by atoms with Gasteiger partial charge in [0.05, 0.1) is 0 Å². The smallest absolute Gasteiger partial charge is 0.314 e. The predicted molar refractivity (Wildman–Crippen MR) is 99.2 cm³/mol. The van der Waals surface area contributed by atoms with Crippen molar-refractivity contribution in [1.29, 1.82) is 0 Å². The summed E-state index contributed by atoms with van der Waals surface area (Å²) >= 11 is 0. The largest absolute Gasteiger partial charge is 0.340 e. The lowest BCUT2D eigenvalue weighted by atomic mass is 10.2. The second-order valence-electron chi connectivity index (χ2n) is 6.92. The van der Waals surface area contributed by atoms with Crippen molar-refractivity contribution >= 4 is 11.9 Å². The van der Waals surface area contributed by atoms with E-state index in [2.05, 4.69) is 39.8 Å². The third-order valence-electron chi connectivity index (χ3n) is 4.27. The molecular formula is C19H30N4O2. The van der Waals surface area contributed by atoms with E-state index in [9.17, 15) is 9.59 Å². The Hall–Kier alpha value is -2.08. The van der Waals surface area contributed by atoms with Crippen LogP contribution in [-0.4, -0.2) is 61.0 Å². The van der Waals surface area contributed by atoms with Gasteiger partial charge in [0.1, 0.15) is 0 Å². The van der Waals surface area contributed by atoms with E-state index in [0.29, 0.717) is 25.4 Å². The lowest BCUT2D eigenvalue weighted by Gasteiger charge is -2.34. The fraction of sp³-hybridized carbons (Fsp3) is 0.579. The first kappa shape index (κ1) is 19.2. The van der Waals surface area contributed by atoms with Gasteiger partial charge in [-0.05, 0) is 11.5 Å². The fourth-order valence-electron chi connectivity index (χ4n) is 2.80. The van der Waals surface area contributed by atoms with Gasteiger partial charge in [0, 0.05) is 52.2 Å². The van der Waals surface area contributed by atoms with Crippen LogP contribution in [0.1, 0.15) is 25.8 Å². The quantitative estimate of drug-likeness (QED) is 0.789. The molecule has 6 nitrogen and oxygen atoms in total. The lowest BCUT2D eigenvalue weighted by Crippen LogP contribution is -2.49. The molecule has 2 rings (SSSR count). The Morgan fingerprint density at radius 3 is 2.36 bits per heavy atom. The molecule has 0 atom stereocenters. The van der Waals surface area contributed by atoms with Gasteiger partial charge in [-0.1, -0.05) is 44.2 Å². The second-order valence-corrected chi connectivity index (χ2v) is 6.92. The highest BCUT2D eigenvalue weighted by Gasteiger charge is 2.20. The molecule has 1 saturated heterocycles. The Balaban J connectivity index is 1.61. The van der Waals surface area contributed by atoms with Crippen molar-refractivity contribution in [2.24, 2.45) is 5.92 Å². The molecule has 0 radical (unpaired) electrons. The first-order valence-electron chi connectivity index (χ1n) is 9.10. The normalized spacial score (nSPS) is 15.2. The monoisotopic (exact) mass is 346 g/mol. The number of benzene rings is 1. The van der Waals surface area contributed by atoms with Crippen LogP contribution in [0.2, 0.25) is 0 Å².